The molecule has 1 aromatic rings. The molecule has 1 saturated carbocycles. The van der Waals surface area contributed by atoms with Crippen molar-refractivity contribution in [2.45, 2.75) is 59.5 Å². The lowest BCUT2D eigenvalue weighted by atomic mass is 9.72. The van der Waals surface area contributed by atoms with E-state index in [0.29, 0.717) is 17.1 Å². The van der Waals surface area contributed by atoms with E-state index in [-0.39, 0.29) is 0 Å². The molecule has 0 N–H and O–H groups in total. The summed E-state index contributed by atoms with van der Waals surface area (Å²) in [5, 5.41) is 8.89. The van der Waals surface area contributed by atoms with Gasteiger partial charge in [0.25, 0.3) is 0 Å². The first-order valence-corrected chi connectivity index (χ1v) is 7.57. The van der Waals surface area contributed by atoms with Crippen molar-refractivity contribution in [3.8, 4) is 11.8 Å². The van der Waals surface area contributed by atoms with Crippen LogP contribution < -0.4 is 4.74 Å². The van der Waals surface area contributed by atoms with Crippen LogP contribution in [0.3, 0.4) is 0 Å². The van der Waals surface area contributed by atoms with Crippen molar-refractivity contribution in [2.75, 3.05) is 0 Å². The van der Waals surface area contributed by atoms with Gasteiger partial charge in [0.05, 0.1) is 17.7 Å². The molecule has 20 heavy (non-hydrogen) atoms. The Kier molecular flexibility index (Phi) is 4.38. The Bertz CT molecular complexity index is 499. The normalized spacial score (nSPS) is 23.1. The number of aryl methyl sites for hydroxylation is 1. The van der Waals surface area contributed by atoms with Crippen molar-refractivity contribution in [2.24, 2.45) is 11.3 Å². The fourth-order valence-corrected chi connectivity index (χ4v) is 3.08. The topological polar surface area (TPSA) is 33.0 Å². The van der Waals surface area contributed by atoms with Crippen molar-refractivity contribution in [1.29, 1.82) is 5.26 Å². The van der Waals surface area contributed by atoms with E-state index >= 15 is 0 Å². The van der Waals surface area contributed by atoms with Crippen LogP contribution in [0, 0.1) is 29.6 Å². The molecule has 0 amide bonds. The van der Waals surface area contributed by atoms with Gasteiger partial charge in [-0.15, -0.1) is 0 Å². The third-order valence-electron chi connectivity index (χ3n) is 4.50. The van der Waals surface area contributed by atoms with Gasteiger partial charge in [-0.2, -0.15) is 5.26 Å². The van der Waals surface area contributed by atoms with Crippen molar-refractivity contribution < 1.29 is 4.74 Å². The minimum Gasteiger partial charge on any atom is -0.490 e. The van der Waals surface area contributed by atoms with Crippen LogP contribution in [0.2, 0.25) is 0 Å². The number of ether oxygens (including phenoxy) is 1. The van der Waals surface area contributed by atoms with Gasteiger partial charge in [-0.05, 0) is 67.7 Å². The predicted octanol–water partition coefficient (Wildman–Crippen LogP) is 4.85. The smallest absolute Gasteiger partial charge is 0.122 e. The van der Waals surface area contributed by atoms with E-state index in [2.05, 4.69) is 26.8 Å². The zero-order chi connectivity index (χ0) is 14.8. The Hall–Kier alpha value is -1.49. The average Bonchev–Trinajstić information content (AvgIpc) is 2.40. The van der Waals surface area contributed by atoms with Crippen LogP contribution in [0.25, 0.3) is 0 Å². The Morgan fingerprint density at radius 1 is 1.15 bits per heavy atom. The minimum absolute atomic E-state index is 0.334. The van der Waals surface area contributed by atoms with Gasteiger partial charge in [-0.3, -0.25) is 0 Å². The highest BCUT2D eigenvalue weighted by Crippen LogP contribution is 2.39. The molecule has 0 radical (unpaired) electrons. The molecule has 1 fully saturated rings. The Morgan fingerprint density at radius 2 is 1.80 bits per heavy atom. The molecule has 0 bridgehead atoms. The molecule has 0 saturated heterocycles. The highest BCUT2D eigenvalue weighted by molar-refractivity contribution is 5.41. The molecule has 0 spiro atoms. The molecular formula is C18H25NO. The summed E-state index contributed by atoms with van der Waals surface area (Å²) in [6, 6.07) is 7.84. The van der Waals surface area contributed by atoms with Crippen molar-refractivity contribution in [3.05, 3.63) is 29.3 Å². The monoisotopic (exact) mass is 271 g/mol. The van der Waals surface area contributed by atoms with Crippen LogP contribution >= 0.6 is 0 Å². The number of rotatable bonds is 2. The van der Waals surface area contributed by atoms with Gasteiger partial charge in [-0.25, -0.2) is 0 Å². The quantitative estimate of drug-likeness (QED) is 0.770. The standard InChI is InChI=1S/C18H25NO/c1-13-11-14(12-19)5-10-17(13)20-16-8-6-15(7-9-16)18(2,3)4/h5,10-11,15-16H,6-9H2,1-4H3. The van der Waals surface area contributed by atoms with E-state index in [0.717, 1.165) is 30.1 Å². The summed E-state index contributed by atoms with van der Waals surface area (Å²) < 4.78 is 6.14. The zero-order valence-corrected chi connectivity index (χ0v) is 13.1. The van der Waals surface area contributed by atoms with Gasteiger partial charge in [0.1, 0.15) is 5.75 Å². The molecule has 1 aliphatic carbocycles. The fourth-order valence-electron chi connectivity index (χ4n) is 3.08. The average molecular weight is 271 g/mol. The van der Waals surface area contributed by atoms with Crippen LogP contribution in [-0.2, 0) is 0 Å². The molecule has 1 aromatic carbocycles. The summed E-state index contributed by atoms with van der Waals surface area (Å²) in [6.07, 6.45) is 5.12. The van der Waals surface area contributed by atoms with E-state index in [4.69, 9.17) is 10.00 Å². The number of benzene rings is 1. The SMILES string of the molecule is Cc1cc(C#N)ccc1OC1CCC(C(C)(C)C)CC1. The number of hydrogen-bond acceptors (Lipinski definition) is 2. The number of hydrogen-bond donors (Lipinski definition) is 0. The second-order valence-electron chi connectivity index (χ2n) is 7.05. The van der Waals surface area contributed by atoms with Crippen LogP contribution in [0.15, 0.2) is 18.2 Å². The summed E-state index contributed by atoms with van der Waals surface area (Å²) in [6.45, 7) is 9.02. The van der Waals surface area contributed by atoms with Gasteiger partial charge in [-0.1, -0.05) is 20.8 Å². The molecular weight excluding hydrogens is 246 g/mol. The van der Waals surface area contributed by atoms with E-state index in [1.54, 1.807) is 0 Å². The molecule has 0 atom stereocenters. The molecule has 108 valence electrons. The molecule has 2 nitrogen and oxygen atoms in total. The second kappa shape index (κ2) is 5.87. The second-order valence-corrected chi connectivity index (χ2v) is 7.05. The van der Waals surface area contributed by atoms with Crippen molar-refractivity contribution >= 4 is 0 Å². The van der Waals surface area contributed by atoms with Crippen LogP contribution in [0.5, 0.6) is 5.75 Å². The summed E-state index contributed by atoms with van der Waals surface area (Å²) in [7, 11) is 0. The maximum Gasteiger partial charge on any atom is 0.122 e. The lowest BCUT2D eigenvalue weighted by molar-refractivity contribution is 0.0877. The van der Waals surface area contributed by atoms with Crippen LogP contribution in [0.1, 0.15) is 57.6 Å². The van der Waals surface area contributed by atoms with Crippen LogP contribution in [-0.4, -0.2) is 6.10 Å². The van der Waals surface area contributed by atoms with Gasteiger partial charge in [0.15, 0.2) is 0 Å². The maximum atomic E-state index is 8.89. The van der Waals surface area contributed by atoms with Gasteiger partial charge in [0.2, 0.25) is 0 Å². The lowest BCUT2D eigenvalue weighted by Gasteiger charge is -2.37. The maximum absolute atomic E-state index is 8.89. The van der Waals surface area contributed by atoms with E-state index < -0.39 is 0 Å². The van der Waals surface area contributed by atoms with Gasteiger partial charge in [0, 0.05) is 0 Å². The molecule has 2 rings (SSSR count). The van der Waals surface area contributed by atoms with Crippen LogP contribution in [0.4, 0.5) is 0 Å². The van der Waals surface area contributed by atoms with Crippen molar-refractivity contribution in [3.63, 3.8) is 0 Å². The summed E-state index contributed by atoms with van der Waals surface area (Å²) in [5.41, 5.74) is 2.17. The Labute approximate surface area is 122 Å². The minimum atomic E-state index is 0.334. The highest BCUT2D eigenvalue weighted by atomic mass is 16.5. The first-order chi connectivity index (χ1) is 9.40. The van der Waals surface area contributed by atoms with Gasteiger partial charge < -0.3 is 4.74 Å². The number of nitriles is 1. The zero-order valence-electron chi connectivity index (χ0n) is 13.1. The highest BCUT2D eigenvalue weighted by Gasteiger charge is 2.30. The summed E-state index contributed by atoms with van der Waals surface area (Å²) in [5.74, 6) is 1.74. The number of nitrogens with zero attached hydrogens (tertiary/aromatic N) is 1. The molecule has 1 aliphatic rings. The molecule has 0 aliphatic heterocycles. The third kappa shape index (κ3) is 3.54. The Morgan fingerprint density at radius 3 is 2.30 bits per heavy atom. The predicted molar refractivity (Wildman–Crippen MR) is 81.7 cm³/mol. The molecule has 0 aromatic heterocycles. The first kappa shape index (κ1) is 14.9. The van der Waals surface area contributed by atoms with Gasteiger partial charge >= 0.3 is 0 Å². The fraction of sp³-hybridized carbons (Fsp3) is 0.611. The summed E-state index contributed by atoms with van der Waals surface area (Å²) >= 11 is 0. The van der Waals surface area contributed by atoms with Crippen molar-refractivity contribution in [1.82, 2.24) is 0 Å². The molecule has 0 heterocycles. The Balaban J connectivity index is 1.95. The molecule has 0 unspecified atom stereocenters. The lowest BCUT2D eigenvalue weighted by Crippen LogP contribution is -2.30. The van der Waals surface area contributed by atoms with E-state index in [1.165, 1.54) is 12.8 Å². The molecule has 2 heteroatoms. The first-order valence-electron chi connectivity index (χ1n) is 7.57. The largest absolute Gasteiger partial charge is 0.490 e. The van der Waals surface area contributed by atoms with E-state index in [1.807, 2.05) is 25.1 Å². The summed E-state index contributed by atoms with van der Waals surface area (Å²) in [4.78, 5) is 0. The van der Waals surface area contributed by atoms with E-state index in [9.17, 15) is 0 Å². The third-order valence-corrected chi connectivity index (χ3v) is 4.50.